The van der Waals surface area contributed by atoms with Gasteiger partial charge in [0.2, 0.25) is 17.7 Å². The molecule has 0 aliphatic rings. The first-order chi connectivity index (χ1) is 8.96. The smallest absolute Gasteiger partial charge is 0.326 e. The van der Waals surface area contributed by atoms with E-state index in [-0.39, 0.29) is 11.9 Å². The summed E-state index contributed by atoms with van der Waals surface area (Å²) in [6.07, 6.45) is 0.470. The third-order valence-electron chi connectivity index (χ3n) is 2.41. The molecule has 0 bridgehead atoms. The Morgan fingerprint density at radius 3 is 2.21 bits per heavy atom. The van der Waals surface area contributed by atoms with Crippen LogP contribution in [0.4, 0.5) is 5.95 Å². The Balaban J connectivity index is 2.91. The van der Waals surface area contributed by atoms with Crippen LogP contribution in [-0.2, 0) is 4.79 Å². The number of nitrogens with zero attached hydrogens (tertiary/aromatic N) is 2. The van der Waals surface area contributed by atoms with Gasteiger partial charge in [-0.15, -0.1) is 0 Å². The van der Waals surface area contributed by atoms with Crippen molar-refractivity contribution < 1.29 is 19.4 Å². The molecule has 1 aromatic heterocycles. The Labute approximate surface area is 112 Å². The van der Waals surface area contributed by atoms with Gasteiger partial charge in [-0.2, -0.15) is 9.97 Å². The number of hydrogen-bond donors (Lipinski definition) is 2. The van der Waals surface area contributed by atoms with Gasteiger partial charge >= 0.3 is 5.97 Å². The van der Waals surface area contributed by atoms with Crippen LogP contribution in [-0.4, -0.2) is 41.3 Å². The summed E-state index contributed by atoms with van der Waals surface area (Å²) in [6.45, 7) is 3.90. The number of nitrogens with one attached hydrogen (secondary N) is 1. The minimum absolute atomic E-state index is 0.171. The molecule has 0 aliphatic heterocycles. The Morgan fingerprint density at radius 2 is 1.84 bits per heavy atom. The monoisotopic (exact) mass is 269 g/mol. The predicted octanol–water partition coefficient (Wildman–Crippen LogP) is 1.41. The van der Waals surface area contributed by atoms with Crippen LogP contribution in [0.15, 0.2) is 6.07 Å². The van der Waals surface area contributed by atoms with E-state index in [4.69, 9.17) is 14.6 Å². The average molecular weight is 269 g/mol. The fourth-order valence-electron chi connectivity index (χ4n) is 1.53. The van der Waals surface area contributed by atoms with Gasteiger partial charge in [0, 0.05) is 0 Å². The lowest BCUT2D eigenvalue weighted by Crippen LogP contribution is -2.31. The zero-order valence-electron chi connectivity index (χ0n) is 11.5. The zero-order chi connectivity index (χ0) is 14.4. The molecule has 0 radical (unpaired) electrons. The van der Waals surface area contributed by atoms with E-state index < -0.39 is 12.0 Å². The Bertz CT molecular complexity index is 415. The lowest BCUT2D eigenvalue weighted by molar-refractivity contribution is -0.138. The van der Waals surface area contributed by atoms with E-state index in [0.717, 1.165) is 0 Å². The van der Waals surface area contributed by atoms with Gasteiger partial charge < -0.3 is 19.9 Å². The Hall–Kier alpha value is -2.05. The first-order valence-corrected chi connectivity index (χ1v) is 5.92. The van der Waals surface area contributed by atoms with Crippen LogP contribution < -0.4 is 14.8 Å². The molecule has 2 N–H and O–H groups in total. The van der Waals surface area contributed by atoms with Crippen molar-refractivity contribution >= 4 is 11.9 Å². The van der Waals surface area contributed by atoms with Crippen LogP contribution in [0.1, 0.15) is 20.3 Å². The number of carboxylic acid groups (broad SMARTS) is 1. The maximum Gasteiger partial charge on any atom is 0.326 e. The van der Waals surface area contributed by atoms with E-state index in [2.05, 4.69) is 15.3 Å². The van der Waals surface area contributed by atoms with E-state index in [9.17, 15) is 4.79 Å². The summed E-state index contributed by atoms with van der Waals surface area (Å²) in [5.74, 6) is 0.0792. The molecule has 0 saturated heterocycles. The minimum atomic E-state index is -0.945. The number of carboxylic acids is 1. The van der Waals surface area contributed by atoms with Crippen LogP contribution >= 0.6 is 0 Å². The van der Waals surface area contributed by atoms with Crippen LogP contribution in [0.3, 0.4) is 0 Å². The number of aliphatic carboxylic acids is 1. The highest BCUT2D eigenvalue weighted by atomic mass is 16.5. The number of anilines is 1. The van der Waals surface area contributed by atoms with Gasteiger partial charge in [0.25, 0.3) is 0 Å². The Kier molecular flexibility index (Phi) is 5.35. The third-order valence-corrected chi connectivity index (χ3v) is 2.41. The van der Waals surface area contributed by atoms with Crippen molar-refractivity contribution in [2.75, 3.05) is 19.5 Å². The van der Waals surface area contributed by atoms with E-state index in [0.29, 0.717) is 18.2 Å². The first kappa shape index (κ1) is 15.0. The van der Waals surface area contributed by atoms with E-state index in [1.54, 1.807) is 0 Å². The summed E-state index contributed by atoms with van der Waals surface area (Å²) in [7, 11) is 2.93. The van der Waals surface area contributed by atoms with Crippen molar-refractivity contribution in [1.82, 2.24) is 9.97 Å². The molecule has 0 fully saturated rings. The molecule has 1 rings (SSSR count). The molecule has 19 heavy (non-hydrogen) atoms. The molecular formula is C12H19N3O4. The van der Waals surface area contributed by atoms with Crippen LogP contribution in [0.2, 0.25) is 0 Å². The van der Waals surface area contributed by atoms with Crippen molar-refractivity contribution in [3.8, 4) is 11.8 Å². The highest BCUT2D eigenvalue weighted by molar-refractivity contribution is 5.76. The molecule has 0 saturated carbocycles. The van der Waals surface area contributed by atoms with Crippen LogP contribution in [0.25, 0.3) is 0 Å². The van der Waals surface area contributed by atoms with Gasteiger partial charge in [0.15, 0.2) is 0 Å². The second-order valence-electron chi connectivity index (χ2n) is 4.44. The molecular weight excluding hydrogens is 250 g/mol. The average Bonchev–Trinajstić information content (AvgIpc) is 2.36. The lowest BCUT2D eigenvalue weighted by atomic mass is 10.0. The number of rotatable bonds is 7. The molecule has 0 unspecified atom stereocenters. The second kappa shape index (κ2) is 6.77. The minimum Gasteiger partial charge on any atom is -0.481 e. The number of ether oxygens (including phenoxy) is 2. The molecule has 106 valence electrons. The molecule has 0 amide bonds. The second-order valence-corrected chi connectivity index (χ2v) is 4.44. The van der Waals surface area contributed by atoms with E-state index >= 15 is 0 Å². The summed E-state index contributed by atoms with van der Waals surface area (Å²) >= 11 is 0. The highest BCUT2D eigenvalue weighted by Gasteiger charge is 2.20. The quantitative estimate of drug-likeness (QED) is 0.772. The normalized spacial score (nSPS) is 12.1. The van der Waals surface area contributed by atoms with Crippen molar-refractivity contribution in [2.45, 2.75) is 26.3 Å². The van der Waals surface area contributed by atoms with Gasteiger partial charge in [-0.3, -0.25) is 0 Å². The largest absolute Gasteiger partial charge is 0.481 e. The summed E-state index contributed by atoms with van der Waals surface area (Å²) in [4.78, 5) is 19.3. The third kappa shape index (κ3) is 4.61. The maximum absolute atomic E-state index is 11.2. The number of methoxy groups -OCH3 is 2. The summed E-state index contributed by atoms with van der Waals surface area (Å²) in [6, 6.07) is 0.764. The highest BCUT2D eigenvalue weighted by Crippen LogP contribution is 2.19. The van der Waals surface area contributed by atoms with Crippen molar-refractivity contribution in [1.29, 1.82) is 0 Å². The fourth-order valence-corrected chi connectivity index (χ4v) is 1.53. The van der Waals surface area contributed by atoms with Crippen LogP contribution in [0, 0.1) is 5.92 Å². The maximum atomic E-state index is 11.2. The van der Waals surface area contributed by atoms with E-state index in [1.807, 2.05) is 13.8 Å². The zero-order valence-corrected chi connectivity index (χ0v) is 11.5. The molecule has 7 nitrogen and oxygen atoms in total. The molecule has 0 aromatic carbocycles. The van der Waals surface area contributed by atoms with Gasteiger partial charge in [0.1, 0.15) is 6.04 Å². The van der Waals surface area contributed by atoms with Crippen LogP contribution in [0.5, 0.6) is 11.8 Å². The van der Waals surface area contributed by atoms with Gasteiger partial charge in [0.05, 0.1) is 20.3 Å². The van der Waals surface area contributed by atoms with Gasteiger partial charge in [-0.25, -0.2) is 4.79 Å². The fraction of sp³-hybridized carbons (Fsp3) is 0.583. The molecule has 0 spiro atoms. The summed E-state index contributed by atoms with van der Waals surface area (Å²) in [5.41, 5.74) is 0. The van der Waals surface area contributed by atoms with Crippen molar-refractivity contribution in [3.63, 3.8) is 0 Å². The molecule has 1 heterocycles. The predicted molar refractivity (Wildman–Crippen MR) is 69.6 cm³/mol. The summed E-state index contributed by atoms with van der Waals surface area (Å²) < 4.78 is 10.0. The first-order valence-electron chi connectivity index (χ1n) is 5.92. The van der Waals surface area contributed by atoms with Gasteiger partial charge in [-0.05, 0) is 12.3 Å². The molecule has 7 heteroatoms. The molecule has 0 aliphatic carbocycles. The SMILES string of the molecule is COc1cc(OC)nc(N[C@@H](CC(C)C)C(=O)O)n1. The summed E-state index contributed by atoms with van der Waals surface area (Å²) in [5, 5.41) is 11.9. The lowest BCUT2D eigenvalue weighted by Gasteiger charge is -2.16. The molecule has 1 aromatic rings. The van der Waals surface area contributed by atoms with Crippen molar-refractivity contribution in [2.24, 2.45) is 5.92 Å². The van der Waals surface area contributed by atoms with Gasteiger partial charge in [-0.1, -0.05) is 13.8 Å². The topological polar surface area (TPSA) is 93.6 Å². The standard InChI is InChI=1S/C12H19N3O4/c1-7(2)5-8(11(16)17)13-12-14-9(18-3)6-10(15-12)19-4/h6-8H,5H2,1-4H3,(H,16,17)(H,13,14,15)/t8-/m0/s1. The Morgan fingerprint density at radius 1 is 1.32 bits per heavy atom. The van der Waals surface area contributed by atoms with E-state index in [1.165, 1.54) is 20.3 Å². The number of aromatic nitrogens is 2. The van der Waals surface area contributed by atoms with Crippen molar-refractivity contribution in [3.05, 3.63) is 6.07 Å². The number of carbonyl (C=O) groups is 1. The molecule has 1 atom stereocenters. The number of hydrogen-bond acceptors (Lipinski definition) is 6.